The number of nitriles is 1. The number of allylic oxidation sites excluding steroid dienone is 1. The van der Waals surface area contributed by atoms with Crippen LogP contribution in [-0.4, -0.2) is 92.2 Å². The maximum atomic E-state index is 12.9. The Morgan fingerprint density at radius 1 is 1.10 bits per heavy atom. The van der Waals surface area contributed by atoms with E-state index in [1.807, 2.05) is 6.92 Å². The van der Waals surface area contributed by atoms with Crippen molar-refractivity contribution in [3.8, 4) is 6.07 Å². The summed E-state index contributed by atoms with van der Waals surface area (Å²) in [6, 6.07) is 2.91. The van der Waals surface area contributed by atoms with Gasteiger partial charge in [-0.15, -0.1) is 18.2 Å². The van der Waals surface area contributed by atoms with Crippen LogP contribution in [-0.2, 0) is 14.3 Å². The monoisotopic (exact) mass is 705 g/mol. The fraction of sp³-hybridized carbons (Fsp3) is 0.846. The van der Waals surface area contributed by atoms with Gasteiger partial charge in [-0.25, -0.2) is 0 Å². The van der Waals surface area contributed by atoms with Crippen molar-refractivity contribution in [2.45, 2.75) is 146 Å². The van der Waals surface area contributed by atoms with E-state index in [-0.39, 0.29) is 72.0 Å². The fourth-order valence-corrected chi connectivity index (χ4v) is 8.69. The lowest BCUT2D eigenvalue weighted by atomic mass is 9.69. The first-order chi connectivity index (χ1) is 23.6. The zero-order valence-electron chi connectivity index (χ0n) is 31.0. The third-order valence-electron chi connectivity index (χ3n) is 11.0. The lowest BCUT2D eigenvalue weighted by Crippen LogP contribution is -2.66. The lowest BCUT2D eigenvalue weighted by Gasteiger charge is -2.50. The summed E-state index contributed by atoms with van der Waals surface area (Å²) in [6.07, 6.45) is 11.0. The SMILES string of the molecule is C=C(C)CC(CCC)CCC(=C)C(C)COC1CCC(NC2C(C#N)CNC3CC(OCC)C(NC(=O)CCCNCCO)CC32)CC1Cl. The first kappa shape index (κ1) is 41.9. The molecule has 2 saturated carbocycles. The zero-order chi connectivity index (χ0) is 35.8. The van der Waals surface area contributed by atoms with Crippen LogP contribution in [0.1, 0.15) is 105 Å². The number of aliphatic hydroxyl groups is 1. The molecule has 9 nitrogen and oxygen atoms in total. The van der Waals surface area contributed by atoms with E-state index in [1.54, 1.807) is 0 Å². The van der Waals surface area contributed by atoms with Crippen LogP contribution in [0.2, 0.25) is 0 Å². The molecule has 1 aliphatic heterocycles. The number of aliphatic hydroxyl groups excluding tert-OH is 1. The fourth-order valence-electron chi connectivity index (χ4n) is 8.28. The molecule has 3 rings (SSSR count). The summed E-state index contributed by atoms with van der Waals surface area (Å²) in [6.45, 7) is 20.3. The second kappa shape index (κ2) is 22.4. The van der Waals surface area contributed by atoms with Gasteiger partial charge >= 0.3 is 0 Å². The van der Waals surface area contributed by atoms with Crippen molar-refractivity contribution in [1.29, 1.82) is 5.26 Å². The number of halogens is 1. The molecule has 0 aromatic rings. The van der Waals surface area contributed by atoms with Gasteiger partial charge < -0.3 is 35.8 Å². The smallest absolute Gasteiger partial charge is 0.220 e. The van der Waals surface area contributed by atoms with Crippen LogP contribution in [0, 0.1) is 35.0 Å². The minimum atomic E-state index is -0.166. The molecule has 0 bridgehead atoms. The summed E-state index contributed by atoms with van der Waals surface area (Å²) >= 11 is 7.00. The van der Waals surface area contributed by atoms with Gasteiger partial charge in [-0.2, -0.15) is 5.26 Å². The molecule has 1 heterocycles. The van der Waals surface area contributed by atoms with Gasteiger partial charge in [0.25, 0.3) is 0 Å². The van der Waals surface area contributed by atoms with Crippen LogP contribution in [0.4, 0.5) is 0 Å². The van der Waals surface area contributed by atoms with Crippen LogP contribution >= 0.6 is 11.6 Å². The zero-order valence-corrected chi connectivity index (χ0v) is 31.7. The Morgan fingerprint density at radius 3 is 2.57 bits per heavy atom. The number of rotatable bonds is 22. The van der Waals surface area contributed by atoms with Crippen LogP contribution < -0.4 is 21.3 Å². The van der Waals surface area contributed by atoms with Crippen molar-refractivity contribution >= 4 is 17.5 Å². The van der Waals surface area contributed by atoms with Crippen LogP contribution in [0.3, 0.4) is 0 Å². The van der Waals surface area contributed by atoms with Crippen LogP contribution in [0.25, 0.3) is 0 Å². The summed E-state index contributed by atoms with van der Waals surface area (Å²) in [5.41, 5.74) is 2.52. The van der Waals surface area contributed by atoms with Gasteiger partial charge in [0.1, 0.15) is 0 Å². The molecule has 49 heavy (non-hydrogen) atoms. The molecule has 0 radical (unpaired) electrons. The number of hydrogen-bond acceptors (Lipinski definition) is 8. The third kappa shape index (κ3) is 13.9. The molecule has 0 aromatic heterocycles. The molecule has 11 unspecified atom stereocenters. The van der Waals surface area contributed by atoms with E-state index in [4.69, 9.17) is 26.2 Å². The quantitative estimate of drug-likeness (QED) is 0.0559. The predicted octanol–water partition coefficient (Wildman–Crippen LogP) is 5.62. The normalized spacial score (nSPS) is 31.2. The average Bonchev–Trinajstić information content (AvgIpc) is 3.07. The summed E-state index contributed by atoms with van der Waals surface area (Å²) in [5.74, 6) is 1.01. The summed E-state index contributed by atoms with van der Waals surface area (Å²) in [7, 11) is 0. The Balaban J connectivity index is 1.52. The Labute approximate surface area is 302 Å². The molecule has 10 heteroatoms. The highest BCUT2D eigenvalue weighted by molar-refractivity contribution is 6.21. The molecule has 2 aliphatic carbocycles. The van der Waals surface area contributed by atoms with E-state index >= 15 is 0 Å². The van der Waals surface area contributed by atoms with E-state index in [0.29, 0.717) is 51.6 Å². The number of alkyl halides is 1. The molecule has 3 fully saturated rings. The van der Waals surface area contributed by atoms with Crippen molar-refractivity contribution in [3.63, 3.8) is 0 Å². The van der Waals surface area contributed by atoms with Crippen molar-refractivity contribution in [1.82, 2.24) is 21.3 Å². The minimum Gasteiger partial charge on any atom is -0.395 e. The van der Waals surface area contributed by atoms with Gasteiger partial charge in [0.05, 0.1) is 48.8 Å². The van der Waals surface area contributed by atoms with Gasteiger partial charge in [0.15, 0.2) is 0 Å². The number of piperidine rings is 1. The highest BCUT2D eigenvalue weighted by atomic mass is 35.5. The molecule has 1 amide bonds. The van der Waals surface area contributed by atoms with Crippen LogP contribution in [0.5, 0.6) is 0 Å². The topological polar surface area (TPSA) is 128 Å². The molecule has 280 valence electrons. The molecular weight excluding hydrogens is 638 g/mol. The van der Waals surface area contributed by atoms with Gasteiger partial charge in [-0.3, -0.25) is 4.79 Å². The number of nitrogens with one attached hydrogen (secondary N) is 4. The number of hydrogen-bond donors (Lipinski definition) is 5. The Bertz CT molecular complexity index is 1050. The lowest BCUT2D eigenvalue weighted by molar-refractivity contribution is -0.124. The molecule has 3 aliphatic rings. The predicted molar refractivity (Wildman–Crippen MR) is 199 cm³/mol. The van der Waals surface area contributed by atoms with Crippen molar-refractivity contribution in [2.24, 2.45) is 23.7 Å². The molecule has 11 atom stereocenters. The maximum absolute atomic E-state index is 12.9. The van der Waals surface area contributed by atoms with Crippen molar-refractivity contribution in [3.05, 3.63) is 24.3 Å². The summed E-state index contributed by atoms with van der Waals surface area (Å²) in [4.78, 5) is 12.9. The van der Waals surface area contributed by atoms with E-state index < -0.39 is 0 Å². The van der Waals surface area contributed by atoms with Gasteiger partial charge in [0, 0.05) is 50.2 Å². The van der Waals surface area contributed by atoms with Gasteiger partial charge in [-0.05, 0) is 90.0 Å². The highest BCUT2D eigenvalue weighted by Crippen LogP contribution is 2.37. The van der Waals surface area contributed by atoms with E-state index in [1.165, 1.54) is 24.0 Å². The first-order valence-electron chi connectivity index (χ1n) is 19.3. The van der Waals surface area contributed by atoms with E-state index in [9.17, 15) is 10.1 Å². The van der Waals surface area contributed by atoms with E-state index in [0.717, 1.165) is 51.4 Å². The number of fused-ring (bicyclic) bond motifs is 1. The number of nitrogens with zero attached hydrogens (tertiary/aromatic N) is 1. The minimum absolute atomic E-state index is 0.0111. The molecule has 0 spiro atoms. The maximum Gasteiger partial charge on any atom is 0.220 e. The largest absolute Gasteiger partial charge is 0.395 e. The number of ether oxygens (including phenoxy) is 2. The molecule has 1 saturated heterocycles. The number of carbonyl (C=O) groups excluding carboxylic acids is 1. The van der Waals surface area contributed by atoms with Gasteiger partial charge in [-0.1, -0.05) is 44.4 Å². The second-order valence-corrected chi connectivity index (χ2v) is 15.7. The van der Waals surface area contributed by atoms with Crippen molar-refractivity contribution in [2.75, 3.05) is 39.5 Å². The standard InChI is InChI=1S/C39H68ClN5O4/c1-7-10-29(19-26(3)4)13-12-27(5)28(6)25-49-36-15-14-31(20-33(36)40)44-39-30(23-41)24-43-34-22-37(48-8-2)35(21-32(34)39)45-38(47)11-9-16-42-17-18-46/h28-37,39,42-44,46H,3,5,7-22,24-25H2,1-2,4,6H3,(H,45,47). The highest BCUT2D eigenvalue weighted by Gasteiger charge is 2.47. The molecular formula is C39H68ClN5O4. The Kier molecular flexibility index (Phi) is 19.2. The van der Waals surface area contributed by atoms with Gasteiger partial charge in [0.2, 0.25) is 5.91 Å². The van der Waals surface area contributed by atoms with Crippen molar-refractivity contribution < 1.29 is 19.4 Å². The summed E-state index contributed by atoms with van der Waals surface area (Å²) < 4.78 is 12.6. The average molecular weight is 706 g/mol. The second-order valence-electron chi connectivity index (χ2n) is 15.1. The Hall–Kier alpha value is -1.51. The summed E-state index contributed by atoms with van der Waals surface area (Å²) in [5, 5.41) is 33.0. The molecule has 5 N–H and O–H groups in total. The number of amides is 1. The third-order valence-corrected chi connectivity index (χ3v) is 11.5. The number of carbonyl (C=O) groups is 1. The Morgan fingerprint density at radius 2 is 1.90 bits per heavy atom. The first-order valence-corrected chi connectivity index (χ1v) is 19.7. The van der Waals surface area contributed by atoms with E-state index in [2.05, 4.69) is 61.3 Å². The van der Waals surface area contributed by atoms with Crippen LogP contribution in [0.15, 0.2) is 24.3 Å². The molecule has 0 aromatic carbocycles.